The first kappa shape index (κ1) is 17.6. The van der Waals surface area contributed by atoms with Gasteiger partial charge in [-0.2, -0.15) is 0 Å². The molecule has 1 aliphatic heterocycles. The molecule has 3 atom stereocenters. The lowest BCUT2D eigenvalue weighted by molar-refractivity contribution is -0.0374. The number of nitrogens with zero attached hydrogens (tertiary/aromatic N) is 1. The summed E-state index contributed by atoms with van der Waals surface area (Å²) in [7, 11) is 2.14. The maximum Gasteiger partial charge on any atom is 0.120 e. The van der Waals surface area contributed by atoms with E-state index in [2.05, 4.69) is 79.5 Å². The highest BCUT2D eigenvalue weighted by Gasteiger charge is 2.55. The fourth-order valence-electron chi connectivity index (χ4n) is 4.39. The maximum absolute atomic E-state index is 10.8. The predicted octanol–water partition coefficient (Wildman–Crippen LogP) is 5.81. The number of hydrogen-bond acceptors (Lipinski definition) is 2. The van der Waals surface area contributed by atoms with Gasteiger partial charge in [0, 0.05) is 23.1 Å². The zero-order valence-corrected chi connectivity index (χ0v) is 15.8. The minimum absolute atomic E-state index is 0.261. The Bertz CT molecular complexity index is 920. The zero-order valence-electron chi connectivity index (χ0n) is 15.8. The van der Waals surface area contributed by atoms with Crippen molar-refractivity contribution >= 4 is 5.76 Å². The normalized spacial score (nSPS) is 25.8. The lowest BCUT2D eigenvalue weighted by Gasteiger charge is -2.61. The molecule has 0 spiro atoms. The Morgan fingerprint density at radius 3 is 1.85 bits per heavy atom. The van der Waals surface area contributed by atoms with Gasteiger partial charge in [-0.1, -0.05) is 91.0 Å². The van der Waals surface area contributed by atoms with Crippen LogP contribution in [0.4, 0.5) is 0 Å². The molecule has 0 radical (unpaired) electrons. The lowest BCUT2D eigenvalue weighted by atomic mass is 9.63. The molecule has 4 rings (SSSR count). The van der Waals surface area contributed by atoms with Gasteiger partial charge < -0.3 is 5.11 Å². The molecule has 0 aromatic heterocycles. The van der Waals surface area contributed by atoms with Gasteiger partial charge in [-0.05, 0) is 31.2 Å². The van der Waals surface area contributed by atoms with Crippen LogP contribution in [0.1, 0.15) is 35.6 Å². The number of aliphatic hydroxyl groups is 1. The molecule has 136 valence electrons. The summed E-state index contributed by atoms with van der Waals surface area (Å²) in [6.45, 7) is 2.21. The first-order chi connectivity index (χ1) is 13.1. The van der Waals surface area contributed by atoms with Gasteiger partial charge in [-0.25, -0.2) is 0 Å². The quantitative estimate of drug-likeness (QED) is 0.597. The smallest absolute Gasteiger partial charge is 0.120 e. The van der Waals surface area contributed by atoms with E-state index in [9.17, 15) is 5.11 Å². The highest BCUT2D eigenvalue weighted by atomic mass is 16.3. The van der Waals surface area contributed by atoms with Crippen molar-refractivity contribution in [3.8, 4) is 0 Å². The van der Waals surface area contributed by atoms with Gasteiger partial charge in [0.1, 0.15) is 5.76 Å². The number of hydrogen-bond donors (Lipinski definition) is 1. The molecule has 1 fully saturated rings. The minimum Gasteiger partial charge on any atom is -0.508 e. The summed E-state index contributed by atoms with van der Waals surface area (Å²) in [6.07, 6.45) is 2.01. The molecule has 0 amide bonds. The van der Waals surface area contributed by atoms with Crippen LogP contribution >= 0.6 is 0 Å². The van der Waals surface area contributed by atoms with E-state index in [4.69, 9.17) is 0 Å². The molecular weight excluding hydrogens is 330 g/mol. The number of rotatable bonds is 4. The van der Waals surface area contributed by atoms with Crippen LogP contribution in [-0.2, 0) is 0 Å². The summed E-state index contributed by atoms with van der Waals surface area (Å²) in [5.74, 6) is 0.592. The van der Waals surface area contributed by atoms with Gasteiger partial charge in [0.05, 0.1) is 0 Å². The average molecular weight is 355 g/mol. The third kappa shape index (κ3) is 3.07. The van der Waals surface area contributed by atoms with E-state index in [0.29, 0.717) is 5.76 Å². The van der Waals surface area contributed by atoms with Crippen LogP contribution < -0.4 is 0 Å². The average Bonchev–Trinajstić information content (AvgIpc) is 2.73. The largest absolute Gasteiger partial charge is 0.508 e. The Morgan fingerprint density at radius 2 is 1.30 bits per heavy atom. The first-order valence-corrected chi connectivity index (χ1v) is 9.41. The van der Waals surface area contributed by atoms with Crippen molar-refractivity contribution in [1.82, 2.24) is 4.90 Å². The zero-order chi connectivity index (χ0) is 18.9. The Balaban J connectivity index is 1.77. The topological polar surface area (TPSA) is 23.5 Å². The number of likely N-dealkylation sites (N-methyl/N-ethyl adjacent to an activating group) is 1. The highest BCUT2D eigenvalue weighted by molar-refractivity contribution is 5.61. The molecule has 0 aliphatic carbocycles. The minimum atomic E-state index is -0.276. The van der Waals surface area contributed by atoms with E-state index in [1.54, 1.807) is 0 Å². The summed E-state index contributed by atoms with van der Waals surface area (Å²) in [4.78, 5) is 2.36. The second kappa shape index (κ2) is 7.05. The molecule has 1 aliphatic rings. The van der Waals surface area contributed by atoms with Crippen molar-refractivity contribution in [3.05, 3.63) is 114 Å². The molecule has 1 N–H and O–H groups in total. The standard InChI is InChI=1S/C25H25NO/c1-25(18-22(27)19-12-6-3-7-13-19)23(20-14-8-4-9-15-20)24(26(25)2)21-16-10-5-11-17-21/h3-18,23-24,27H,1-2H3/b22-18-/t23-,24-,25-/m0/s1. The van der Waals surface area contributed by atoms with E-state index in [-0.39, 0.29) is 17.5 Å². The SMILES string of the molecule is CN1[C@@H](c2ccccc2)[C@H](c2ccccc2)[C@]1(C)/C=C(\O)c1ccccc1. The Labute approximate surface area is 161 Å². The van der Waals surface area contributed by atoms with E-state index < -0.39 is 0 Å². The van der Waals surface area contributed by atoms with Crippen LogP contribution in [0.15, 0.2) is 97.1 Å². The lowest BCUT2D eigenvalue weighted by Crippen LogP contribution is -2.62. The summed E-state index contributed by atoms with van der Waals surface area (Å²) in [5, 5.41) is 10.8. The van der Waals surface area contributed by atoms with Crippen LogP contribution in [0, 0.1) is 0 Å². The third-order valence-corrected chi connectivity index (χ3v) is 5.92. The Morgan fingerprint density at radius 1 is 0.815 bits per heavy atom. The molecule has 0 saturated carbocycles. The number of likely N-dealkylation sites (tertiary alicyclic amines) is 1. The molecule has 3 aromatic carbocycles. The van der Waals surface area contributed by atoms with Gasteiger partial charge in [0.2, 0.25) is 0 Å². The molecular formula is C25H25NO. The van der Waals surface area contributed by atoms with Crippen LogP contribution in [0.25, 0.3) is 5.76 Å². The van der Waals surface area contributed by atoms with Crippen molar-refractivity contribution in [2.24, 2.45) is 0 Å². The van der Waals surface area contributed by atoms with Gasteiger partial charge in [0.15, 0.2) is 0 Å². The second-order valence-corrected chi connectivity index (χ2v) is 7.48. The van der Waals surface area contributed by atoms with E-state index >= 15 is 0 Å². The van der Waals surface area contributed by atoms with Crippen molar-refractivity contribution in [2.75, 3.05) is 7.05 Å². The molecule has 1 heterocycles. The molecule has 1 saturated heterocycles. The molecule has 27 heavy (non-hydrogen) atoms. The fraction of sp³-hybridized carbons (Fsp3) is 0.200. The van der Waals surface area contributed by atoms with Crippen molar-refractivity contribution in [2.45, 2.75) is 24.4 Å². The molecule has 0 unspecified atom stereocenters. The predicted molar refractivity (Wildman–Crippen MR) is 112 cm³/mol. The number of benzene rings is 3. The second-order valence-electron chi connectivity index (χ2n) is 7.48. The van der Waals surface area contributed by atoms with Crippen LogP contribution in [0.2, 0.25) is 0 Å². The van der Waals surface area contributed by atoms with Crippen LogP contribution in [0.3, 0.4) is 0 Å². The summed E-state index contributed by atoms with van der Waals surface area (Å²) < 4.78 is 0. The van der Waals surface area contributed by atoms with Gasteiger partial charge in [-0.15, -0.1) is 0 Å². The third-order valence-electron chi connectivity index (χ3n) is 5.92. The first-order valence-electron chi connectivity index (χ1n) is 9.41. The Kier molecular flexibility index (Phi) is 4.59. The van der Waals surface area contributed by atoms with Crippen molar-refractivity contribution in [1.29, 1.82) is 0 Å². The molecule has 3 aromatic rings. The van der Waals surface area contributed by atoms with Gasteiger partial charge in [0.25, 0.3) is 0 Å². The van der Waals surface area contributed by atoms with Gasteiger partial charge >= 0.3 is 0 Å². The summed E-state index contributed by atoms with van der Waals surface area (Å²) in [6, 6.07) is 31.3. The monoisotopic (exact) mass is 355 g/mol. The molecule has 2 nitrogen and oxygen atoms in total. The van der Waals surface area contributed by atoms with Crippen LogP contribution in [0.5, 0.6) is 0 Å². The molecule has 2 heteroatoms. The fourth-order valence-corrected chi connectivity index (χ4v) is 4.39. The van der Waals surface area contributed by atoms with E-state index in [1.807, 2.05) is 36.4 Å². The Hall–Kier alpha value is -2.84. The summed E-state index contributed by atoms with van der Waals surface area (Å²) in [5.41, 5.74) is 3.17. The highest BCUT2D eigenvalue weighted by Crippen LogP contribution is 2.57. The summed E-state index contributed by atoms with van der Waals surface area (Å²) >= 11 is 0. The maximum atomic E-state index is 10.8. The van der Waals surface area contributed by atoms with E-state index in [0.717, 1.165) is 5.56 Å². The van der Waals surface area contributed by atoms with Crippen molar-refractivity contribution < 1.29 is 5.11 Å². The van der Waals surface area contributed by atoms with E-state index in [1.165, 1.54) is 11.1 Å². The number of aliphatic hydroxyl groups excluding tert-OH is 1. The molecule has 0 bridgehead atoms. The van der Waals surface area contributed by atoms with Crippen molar-refractivity contribution in [3.63, 3.8) is 0 Å². The van der Waals surface area contributed by atoms with Crippen LogP contribution in [-0.4, -0.2) is 22.6 Å². The van der Waals surface area contributed by atoms with Gasteiger partial charge in [-0.3, -0.25) is 4.90 Å².